The molecule has 11 heteroatoms. The second-order valence-corrected chi connectivity index (χ2v) is 14.0. The van der Waals surface area contributed by atoms with Crippen LogP contribution in [0.4, 0.5) is 0 Å². The lowest BCUT2D eigenvalue weighted by Gasteiger charge is -2.24. The summed E-state index contributed by atoms with van der Waals surface area (Å²) >= 11 is 5.53. The predicted molar refractivity (Wildman–Crippen MR) is 189 cm³/mol. The number of hydrogen-bond acceptors (Lipinski definition) is 8. The number of unbranched alkanes of at least 4 members (excludes halogenated alkanes) is 1. The van der Waals surface area contributed by atoms with Crippen LogP contribution >= 0.6 is 12.2 Å². The minimum absolute atomic E-state index is 0.0377. The van der Waals surface area contributed by atoms with Gasteiger partial charge in [0.05, 0.1) is 16.9 Å². The first-order valence-corrected chi connectivity index (χ1v) is 16.6. The molecule has 4 aromatic rings. The third-order valence-electron chi connectivity index (χ3n) is 7.97. The van der Waals surface area contributed by atoms with E-state index in [0.717, 1.165) is 53.0 Å². The molecule has 10 nitrogen and oxygen atoms in total. The van der Waals surface area contributed by atoms with E-state index >= 15 is 0 Å². The van der Waals surface area contributed by atoms with Crippen LogP contribution in [0.1, 0.15) is 83.3 Å². The Hall–Kier alpha value is -4.25. The van der Waals surface area contributed by atoms with Crippen LogP contribution in [0.25, 0.3) is 22.5 Å². The molecule has 1 atom stereocenters. The van der Waals surface area contributed by atoms with E-state index in [0.29, 0.717) is 29.3 Å². The molecule has 2 aromatic carbocycles. The minimum atomic E-state index is -0.685. The van der Waals surface area contributed by atoms with Crippen molar-refractivity contribution >= 4 is 23.2 Å². The highest BCUT2D eigenvalue weighted by molar-refractivity contribution is 7.80. The monoisotopic (exact) mass is 657 g/mol. The smallest absolute Gasteiger partial charge is 0.313 e. The standard InChI is InChI=1S/C36H47N7O3S/c1-10-11-16-30-37-24(4)29(21-31(47)41(8)9)33(44)42(30)22-25-17-19-26(20-18-25)27-14-12-13-15-28(27)32-38-40-43(39-32)34(23(2)3)46-35(45)36(5,6)7/h12-15,17-20,23,34H,10-11,16,21-22H2,1-9H3. The summed E-state index contributed by atoms with van der Waals surface area (Å²) in [5, 5.41) is 13.3. The molecule has 0 bridgehead atoms. The van der Waals surface area contributed by atoms with Gasteiger partial charge in [-0.05, 0) is 56.0 Å². The molecular formula is C36H47N7O3S. The third kappa shape index (κ3) is 8.57. The lowest BCUT2D eigenvalue weighted by atomic mass is 9.97. The Morgan fingerprint density at radius 2 is 1.70 bits per heavy atom. The van der Waals surface area contributed by atoms with Crippen LogP contribution in [0.2, 0.25) is 0 Å². The van der Waals surface area contributed by atoms with Gasteiger partial charge in [0, 0.05) is 49.7 Å². The number of aromatic nitrogens is 6. The second kappa shape index (κ2) is 15.1. The van der Waals surface area contributed by atoms with Crippen molar-refractivity contribution in [2.75, 3.05) is 14.1 Å². The maximum absolute atomic E-state index is 13.8. The van der Waals surface area contributed by atoms with Crippen molar-refractivity contribution in [3.05, 3.63) is 81.5 Å². The van der Waals surface area contributed by atoms with Crippen molar-refractivity contribution in [1.82, 2.24) is 34.7 Å². The van der Waals surface area contributed by atoms with Gasteiger partial charge >= 0.3 is 5.97 Å². The lowest BCUT2D eigenvalue weighted by molar-refractivity contribution is -0.169. The second-order valence-electron chi connectivity index (χ2n) is 13.5. The van der Waals surface area contributed by atoms with E-state index < -0.39 is 11.6 Å². The van der Waals surface area contributed by atoms with Crippen LogP contribution < -0.4 is 5.56 Å². The van der Waals surface area contributed by atoms with E-state index in [2.05, 4.69) is 22.3 Å². The Kier molecular flexibility index (Phi) is 11.4. The fourth-order valence-corrected chi connectivity index (χ4v) is 5.18. The SMILES string of the molecule is CCCCc1nc(C)c(CC(=S)N(C)C)c(=O)n1Cc1ccc(-c2ccccc2-c2nnn(C(OC(=O)C(C)(C)C)C(C)C)n2)cc1. The number of thiocarbonyl (C=S) groups is 1. The molecule has 250 valence electrons. The number of rotatable bonds is 12. The first kappa shape index (κ1) is 35.6. The van der Waals surface area contributed by atoms with Crippen molar-refractivity contribution in [3.63, 3.8) is 0 Å². The quantitative estimate of drug-likeness (QED) is 0.126. The summed E-state index contributed by atoms with van der Waals surface area (Å²) in [6.45, 7) is 13.8. The normalized spacial score (nSPS) is 12.3. The average molecular weight is 658 g/mol. The average Bonchev–Trinajstić information content (AvgIpc) is 3.51. The molecule has 0 aliphatic rings. The number of esters is 1. The van der Waals surface area contributed by atoms with Crippen LogP contribution in [0.15, 0.2) is 53.3 Å². The molecule has 0 aliphatic carbocycles. The van der Waals surface area contributed by atoms with Gasteiger partial charge in [-0.2, -0.15) is 0 Å². The molecule has 0 amide bonds. The molecule has 0 spiro atoms. The topological polar surface area (TPSA) is 108 Å². The largest absolute Gasteiger partial charge is 0.437 e. The number of carbonyl (C=O) groups is 1. The summed E-state index contributed by atoms with van der Waals surface area (Å²) in [5.41, 5.74) is 4.39. The summed E-state index contributed by atoms with van der Waals surface area (Å²) in [6, 6.07) is 16.0. The van der Waals surface area contributed by atoms with Crippen molar-refractivity contribution in [2.45, 2.75) is 86.9 Å². The van der Waals surface area contributed by atoms with Crippen molar-refractivity contribution in [3.8, 4) is 22.5 Å². The molecule has 0 saturated heterocycles. The fourth-order valence-electron chi connectivity index (χ4n) is 5.04. The molecule has 2 heterocycles. The molecule has 47 heavy (non-hydrogen) atoms. The highest BCUT2D eigenvalue weighted by Gasteiger charge is 2.30. The zero-order valence-electron chi connectivity index (χ0n) is 29.1. The lowest BCUT2D eigenvalue weighted by Crippen LogP contribution is -2.33. The van der Waals surface area contributed by atoms with Gasteiger partial charge in [-0.3, -0.25) is 14.2 Å². The number of likely N-dealkylation sites (N-methyl/N-ethyl adjacent to an activating group) is 1. The molecule has 0 aliphatic heterocycles. The number of nitrogens with zero attached hydrogens (tertiary/aromatic N) is 7. The number of tetrazole rings is 1. The Balaban J connectivity index is 1.64. The van der Waals surface area contributed by atoms with E-state index in [4.69, 9.17) is 21.9 Å². The van der Waals surface area contributed by atoms with Crippen LogP contribution in [0.5, 0.6) is 0 Å². The van der Waals surface area contributed by atoms with Crippen molar-refractivity contribution in [1.29, 1.82) is 0 Å². The maximum atomic E-state index is 13.8. The minimum Gasteiger partial charge on any atom is -0.437 e. The van der Waals surface area contributed by atoms with Crippen molar-refractivity contribution < 1.29 is 9.53 Å². The number of hydrogen-bond donors (Lipinski definition) is 0. The summed E-state index contributed by atoms with van der Waals surface area (Å²) in [7, 11) is 3.79. The first-order valence-electron chi connectivity index (χ1n) is 16.2. The Bertz CT molecular complexity index is 1770. The van der Waals surface area contributed by atoms with Crippen molar-refractivity contribution in [2.24, 2.45) is 11.3 Å². The van der Waals surface area contributed by atoms with Gasteiger partial charge in [0.2, 0.25) is 12.1 Å². The van der Waals surface area contributed by atoms with Crippen LogP contribution in [0, 0.1) is 18.3 Å². The molecule has 0 radical (unpaired) electrons. The van der Waals surface area contributed by atoms with Gasteiger partial charge in [0.15, 0.2) is 0 Å². The van der Waals surface area contributed by atoms with Crippen LogP contribution in [0.3, 0.4) is 0 Å². The summed E-state index contributed by atoms with van der Waals surface area (Å²) in [6.07, 6.45) is 2.40. The van der Waals surface area contributed by atoms with Gasteiger partial charge in [0.1, 0.15) is 5.82 Å². The van der Waals surface area contributed by atoms with E-state index in [-0.39, 0.29) is 17.4 Å². The number of carbonyl (C=O) groups excluding carboxylic acids is 1. The van der Waals surface area contributed by atoms with E-state index in [1.807, 2.05) is 109 Å². The molecule has 1 unspecified atom stereocenters. The van der Waals surface area contributed by atoms with Gasteiger partial charge in [0.25, 0.3) is 5.56 Å². The van der Waals surface area contributed by atoms with E-state index in [1.54, 1.807) is 4.57 Å². The number of aryl methyl sites for hydroxylation is 2. The van der Waals surface area contributed by atoms with Gasteiger partial charge in [-0.1, -0.05) is 87.9 Å². The van der Waals surface area contributed by atoms with Gasteiger partial charge < -0.3 is 9.64 Å². The van der Waals surface area contributed by atoms with Crippen LogP contribution in [-0.2, 0) is 28.9 Å². The maximum Gasteiger partial charge on any atom is 0.313 e. The summed E-state index contributed by atoms with van der Waals surface area (Å²) in [4.78, 5) is 35.3. The van der Waals surface area contributed by atoms with E-state index in [9.17, 15) is 9.59 Å². The molecule has 0 saturated carbocycles. The highest BCUT2D eigenvalue weighted by Crippen LogP contribution is 2.31. The van der Waals surface area contributed by atoms with Gasteiger partial charge in [-0.15, -0.1) is 15.0 Å². The Morgan fingerprint density at radius 3 is 2.30 bits per heavy atom. The molecule has 0 N–H and O–H groups in total. The van der Waals surface area contributed by atoms with E-state index in [1.165, 1.54) is 4.80 Å². The first-order chi connectivity index (χ1) is 22.2. The summed E-state index contributed by atoms with van der Waals surface area (Å²) in [5.74, 6) is 0.837. The van der Waals surface area contributed by atoms with Crippen LogP contribution in [-0.4, -0.2) is 59.7 Å². The highest BCUT2D eigenvalue weighted by atomic mass is 32.1. The zero-order valence-corrected chi connectivity index (χ0v) is 29.9. The summed E-state index contributed by atoms with van der Waals surface area (Å²) < 4.78 is 7.60. The number of ether oxygens (including phenoxy) is 1. The molecule has 4 rings (SSSR count). The predicted octanol–water partition coefficient (Wildman–Crippen LogP) is 6.44. The number of benzene rings is 2. The molecule has 2 aromatic heterocycles. The molecule has 0 fully saturated rings. The fraction of sp³-hybridized carbons (Fsp3) is 0.472. The van der Waals surface area contributed by atoms with Gasteiger partial charge in [-0.25, -0.2) is 4.98 Å². The Labute approximate surface area is 283 Å². The zero-order chi connectivity index (χ0) is 34.5. The molecular weight excluding hydrogens is 611 g/mol. The third-order valence-corrected chi connectivity index (χ3v) is 8.48. The Morgan fingerprint density at radius 1 is 1.04 bits per heavy atom.